The summed E-state index contributed by atoms with van der Waals surface area (Å²) in [7, 11) is 0. The van der Waals surface area contributed by atoms with Gasteiger partial charge in [-0.05, 0) is 6.92 Å². The van der Waals surface area contributed by atoms with Gasteiger partial charge in [0.25, 0.3) is 0 Å². The number of carboxylic acids is 1. The van der Waals surface area contributed by atoms with Crippen molar-refractivity contribution in [2.45, 2.75) is 13.0 Å². The minimum absolute atomic E-state index is 0.0924. The average molecular weight is 133 g/mol. The van der Waals surface area contributed by atoms with E-state index in [4.69, 9.17) is 10.2 Å². The van der Waals surface area contributed by atoms with Gasteiger partial charge in [-0.15, -0.1) is 0 Å². The molecule has 1 unspecified atom stereocenters. The average Bonchev–Trinajstić information content (AvgIpc) is 1.63. The highest BCUT2D eigenvalue weighted by Gasteiger charge is 1.96. The van der Waals surface area contributed by atoms with Crippen LogP contribution in [0.2, 0.25) is 0 Å². The largest absolute Gasteiger partial charge is 0.480 e. The van der Waals surface area contributed by atoms with Gasteiger partial charge in [-0.2, -0.15) is 0 Å². The van der Waals surface area contributed by atoms with Gasteiger partial charge in [0, 0.05) is 6.54 Å². The zero-order chi connectivity index (χ0) is 7.28. The molecule has 0 rings (SSSR count). The van der Waals surface area contributed by atoms with Gasteiger partial charge in [0.05, 0.1) is 12.6 Å². The van der Waals surface area contributed by atoms with Gasteiger partial charge < -0.3 is 15.5 Å². The van der Waals surface area contributed by atoms with Crippen molar-refractivity contribution >= 4 is 5.97 Å². The second kappa shape index (κ2) is 4.29. The second-order valence-corrected chi connectivity index (χ2v) is 1.87. The summed E-state index contributed by atoms with van der Waals surface area (Å²) in [5, 5.41) is 19.2. The molecular formula is C5H11NO3. The van der Waals surface area contributed by atoms with Crippen LogP contribution in [0.4, 0.5) is 0 Å². The van der Waals surface area contributed by atoms with Crippen molar-refractivity contribution in [3.63, 3.8) is 0 Å². The topological polar surface area (TPSA) is 69.6 Å². The lowest BCUT2D eigenvalue weighted by atomic mass is 10.4. The first-order chi connectivity index (χ1) is 4.13. The molecule has 9 heavy (non-hydrogen) atoms. The highest BCUT2D eigenvalue weighted by atomic mass is 16.4. The van der Waals surface area contributed by atoms with Gasteiger partial charge in [-0.25, -0.2) is 0 Å². The molecule has 0 aliphatic carbocycles. The number of aliphatic hydroxyl groups excluding tert-OH is 1. The summed E-state index contributed by atoms with van der Waals surface area (Å²) in [6.07, 6.45) is -0.482. The van der Waals surface area contributed by atoms with E-state index in [9.17, 15) is 4.79 Å². The minimum atomic E-state index is -0.907. The van der Waals surface area contributed by atoms with E-state index in [0.29, 0.717) is 6.54 Å². The smallest absolute Gasteiger partial charge is 0.317 e. The van der Waals surface area contributed by atoms with E-state index in [-0.39, 0.29) is 6.54 Å². The number of nitrogens with one attached hydrogen (secondary N) is 1. The van der Waals surface area contributed by atoms with Crippen molar-refractivity contribution in [2.75, 3.05) is 13.1 Å². The normalized spacial score (nSPS) is 13.1. The lowest BCUT2D eigenvalue weighted by Gasteiger charge is -2.02. The molecule has 0 bridgehead atoms. The third-order valence-electron chi connectivity index (χ3n) is 0.716. The van der Waals surface area contributed by atoms with Crippen molar-refractivity contribution in [1.29, 1.82) is 0 Å². The van der Waals surface area contributed by atoms with Crippen LogP contribution in [0, 0.1) is 0 Å². The molecule has 54 valence electrons. The van der Waals surface area contributed by atoms with Gasteiger partial charge >= 0.3 is 5.97 Å². The number of hydrogen-bond donors (Lipinski definition) is 3. The third-order valence-corrected chi connectivity index (χ3v) is 0.716. The molecule has 0 aromatic heterocycles. The van der Waals surface area contributed by atoms with E-state index in [2.05, 4.69) is 5.32 Å². The highest BCUT2D eigenvalue weighted by molar-refractivity contribution is 5.68. The molecule has 0 aliphatic rings. The van der Waals surface area contributed by atoms with Gasteiger partial charge in [-0.3, -0.25) is 4.79 Å². The van der Waals surface area contributed by atoms with E-state index in [1.54, 1.807) is 6.92 Å². The van der Waals surface area contributed by atoms with Crippen LogP contribution in [0.15, 0.2) is 0 Å². The summed E-state index contributed by atoms with van der Waals surface area (Å²) < 4.78 is 0. The lowest BCUT2D eigenvalue weighted by Crippen LogP contribution is -2.29. The van der Waals surface area contributed by atoms with E-state index in [0.717, 1.165) is 0 Å². The Balaban J connectivity index is 3.01. The Labute approximate surface area is 53.5 Å². The minimum Gasteiger partial charge on any atom is -0.480 e. The van der Waals surface area contributed by atoms with Crippen LogP contribution in [0.25, 0.3) is 0 Å². The Hall–Kier alpha value is -0.610. The first-order valence-electron chi connectivity index (χ1n) is 2.73. The Bertz CT molecular complexity index is 92.2. The fraction of sp³-hybridized carbons (Fsp3) is 0.800. The number of rotatable bonds is 4. The molecule has 0 saturated carbocycles. The quantitative estimate of drug-likeness (QED) is 0.462. The highest BCUT2D eigenvalue weighted by Crippen LogP contribution is 1.72. The van der Waals surface area contributed by atoms with Gasteiger partial charge in [0.2, 0.25) is 0 Å². The molecule has 0 radical (unpaired) electrons. The molecule has 0 heterocycles. The summed E-state index contributed by atoms with van der Waals surface area (Å²) >= 11 is 0. The fourth-order valence-electron chi connectivity index (χ4n) is 0.388. The summed E-state index contributed by atoms with van der Waals surface area (Å²) in [6.45, 7) is 1.83. The molecule has 0 aromatic rings. The van der Waals surface area contributed by atoms with Crippen LogP contribution in [-0.4, -0.2) is 35.4 Å². The molecule has 3 N–H and O–H groups in total. The number of hydrogen-bond acceptors (Lipinski definition) is 3. The van der Waals surface area contributed by atoms with E-state index >= 15 is 0 Å². The second-order valence-electron chi connectivity index (χ2n) is 1.87. The Morgan fingerprint density at radius 2 is 2.33 bits per heavy atom. The van der Waals surface area contributed by atoms with Crippen molar-refractivity contribution in [1.82, 2.24) is 5.32 Å². The molecular weight excluding hydrogens is 122 g/mol. The van der Waals surface area contributed by atoms with Crippen molar-refractivity contribution < 1.29 is 15.0 Å². The van der Waals surface area contributed by atoms with Crippen LogP contribution in [-0.2, 0) is 4.79 Å². The molecule has 0 amide bonds. The Morgan fingerprint density at radius 1 is 1.78 bits per heavy atom. The molecule has 0 fully saturated rings. The van der Waals surface area contributed by atoms with Crippen molar-refractivity contribution in [2.24, 2.45) is 0 Å². The first-order valence-corrected chi connectivity index (χ1v) is 2.73. The maximum atomic E-state index is 9.84. The van der Waals surface area contributed by atoms with Gasteiger partial charge in [0.15, 0.2) is 0 Å². The van der Waals surface area contributed by atoms with Crippen LogP contribution >= 0.6 is 0 Å². The maximum absolute atomic E-state index is 9.84. The zero-order valence-corrected chi connectivity index (χ0v) is 5.29. The Morgan fingerprint density at radius 3 is 2.67 bits per heavy atom. The van der Waals surface area contributed by atoms with Crippen molar-refractivity contribution in [3.8, 4) is 0 Å². The first kappa shape index (κ1) is 8.39. The van der Waals surface area contributed by atoms with Gasteiger partial charge in [-0.1, -0.05) is 0 Å². The molecule has 4 heteroatoms. The monoisotopic (exact) mass is 133 g/mol. The predicted molar refractivity (Wildman–Crippen MR) is 32.2 cm³/mol. The summed E-state index contributed by atoms with van der Waals surface area (Å²) in [6, 6.07) is 0. The van der Waals surface area contributed by atoms with Crippen LogP contribution < -0.4 is 5.32 Å². The zero-order valence-electron chi connectivity index (χ0n) is 5.29. The number of carbonyl (C=O) groups is 1. The Kier molecular flexibility index (Phi) is 4.00. The van der Waals surface area contributed by atoms with Gasteiger partial charge in [0.1, 0.15) is 0 Å². The number of carboxylic acid groups (broad SMARTS) is 1. The lowest BCUT2D eigenvalue weighted by molar-refractivity contribution is -0.136. The van der Waals surface area contributed by atoms with E-state index in [1.807, 2.05) is 0 Å². The maximum Gasteiger partial charge on any atom is 0.317 e. The molecule has 0 spiro atoms. The molecule has 0 saturated heterocycles. The van der Waals surface area contributed by atoms with E-state index in [1.165, 1.54) is 0 Å². The third kappa shape index (κ3) is 7.39. The van der Waals surface area contributed by atoms with Crippen LogP contribution in [0.5, 0.6) is 0 Å². The standard InChI is InChI=1S/C5H11NO3/c1-4(7)2-6-3-5(8)9/h4,6-7H,2-3H2,1H3,(H,8,9). The summed E-state index contributed by atoms with van der Waals surface area (Å²) in [4.78, 5) is 9.84. The van der Waals surface area contributed by atoms with Crippen LogP contribution in [0.3, 0.4) is 0 Å². The predicted octanol–water partition coefficient (Wildman–Crippen LogP) is -0.959. The summed E-state index contributed by atoms with van der Waals surface area (Å²) in [5.74, 6) is -0.907. The molecule has 0 aliphatic heterocycles. The molecule has 4 nitrogen and oxygen atoms in total. The number of aliphatic hydroxyl groups is 1. The molecule has 0 aromatic carbocycles. The molecule has 1 atom stereocenters. The van der Waals surface area contributed by atoms with Crippen molar-refractivity contribution in [3.05, 3.63) is 0 Å². The SMILES string of the molecule is CC(O)CNCC(=O)O. The number of aliphatic carboxylic acids is 1. The van der Waals surface area contributed by atoms with E-state index < -0.39 is 12.1 Å². The summed E-state index contributed by atoms with van der Waals surface area (Å²) in [5.41, 5.74) is 0. The fourth-order valence-corrected chi connectivity index (χ4v) is 0.388. The van der Waals surface area contributed by atoms with Crippen LogP contribution in [0.1, 0.15) is 6.92 Å².